The third-order valence-corrected chi connectivity index (χ3v) is 8.94. The first kappa shape index (κ1) is 31.0. The molecule has 0 radical (unpaired) electrons. The van der Waals surface area contributed by atoms with E-state index in [0.29, 0.717) is 37.7 Å². The van der Waals surface area contributed by atoms with Crippen LogP contribution in [0.1, 0.15) is 79.6 Å². The summed E-state index contributed by atoms with van der Waals surface area (Å²) >= 11 is 0. The smallest absolute Gasteiger partial charge is 0.308 e. The zero-order chi connectivity index (χ0) is 29.1. The van der Waals surface area contributed by atoms with Gasteiger partial charge in [0.05, 0.1) is 17.6 Å². The molecular formula is C30H44O9. The van der Waals surface area contributed by atoms with Gasteiger partial charge < -0.3 is 24.4 Å². The predicted molar refractivity (Wildman–Crippen MR) is 143 cm³/mol. The molecule has 218 valence electrons. The lowest BCUT2D eigenvalue weighted by molar-refractivity contribution is -0.274. The molecule has 0 amide bonds. The second-order valence-corrected chi connectivity index (χ2v) is 11.4. The number of allylic oxidation sites excluding steroid dienone is 2. The molecule has 0 aromatic rings. The molecule has 3 aliphatic rings. The van der Waals surface area contributed by atoms with Crippen LogP contribution in [0.25, 0.3) is 0 Å². The van der Waals surface area contributed by atoms with Crippen LogP contribution in [-0.2, 0) is 33.3 Å². The Kier molecular flexibility index (Phi) is 9.83. The molecule has 9 heteroatoms. The molecule has 2 N–H and O–H groups in total. The van der Waals surface area contributed by atoms with Crippen molar-refractivity contribution >= 4 is 17.9 Å². The van der Waals surface area contributed by atoms with Crippen LogP contribution in [-0.4, -0.2) is 59.0 Å². The van der Waals surface area contributed by atoms with Crippen molar-refractivity contribution in [2.45, 2.75) is 110 Å². The van der Waals surface area contributed by atoms with Crippen molar-refractivity contribution in [1.29, 1.82) is 0 Å². The minimum atomic E-state index is -1.44. The highest BCUT2D eigenvalue weighted by molar-refractivity contribution is 5.70. The third kappa shape index (κ3) is 5.72. The minimum Gasteiger partial charge on any atom is -0.458 e. The van der Waals surface area contributed by atoms with E-state index in [-0.39, 0.29) is 18.8 Å². The first-order valence-corrected chi connectivity index (χ1v) is 14.0. The highest BCUT2D eigenvalue weighted by atomic mass is 16.8. The highest BCUT2D eigenvalue weighted by Gasteiger charge is 2.73. The van der Waals surface area contributed by atoms with Gasteiger partial charge in [-0.2, -0.15) is 0 Å². The van der Waals surface area contributed by atoms with Gasteiger partial charge in [0.15, 0.2) is 0 Å². The number of carbonyl (C=O) groups is 3. The first-order valence-electron chi connectivity index (χ1n) is 14.0. The molecule has 1 saturated carbocycles. The van der Waals surface area contributed by atoms with Crippen LogP contribution in [0.15, 0.2) is 36.5 Å². The molecule has 1 spiro atoms. The molecule has 3 rings (SSSR count). The van der Waals surface area contributed by atoms with Crippen LogP contribution in [0.5, 0.6) is 0 Å². The van der Waals surface area contributed by atoms with E-state index in [2.05, 4.69) is 13.2 Å². The number of rotatable bonds is 11. The summed E-state index contributed by atoms with van der Waals surface area (Å²) < 4.78 is 23.3. The Morgan fingerprint density at radius 2 is 1.72 bits per heavy atom. The van der Waals surface area contributed by atoms with E-state index in [0.717, 1.165) is 5.57 Å². The summed E-state index contributed by atoms with van der Waals surface area (Å²) in [4.78, 5) is 37.4. The number of esters is 3. The lowest BCUT2D eigenvalue weighted by atomic mass is 9.44. The fraction of sp³-hybridized carbons (Fsp3) is 0.700. The van der Waals surface area contributed by atoms with Crippen molar-refractivity contribution < 1.29 is 43.5 Å². The fourth-order valence-corrected chi connectivity index (χ4v) is 6.71. The van der Waals surface area contributed by atoms with Gasteiger partial charge in [0.25, 0.3) is 0 Å². The molecule has 0 unspecified atom stereocenters. The van der Waals surface area contributed by atoms with Crippen molar-refractivity contribution in [2.24, 2.45) is 22.7 Å². The van der Waals surface area contributed by atoms with E-state index < -0.39 is 65.5 Å². The van der Waals surface area contributed by atoms with Crippen molar-refractivity contribution in [3.8, 4) is 0 Å². The molecule has 0 bridgehead atoms. The maximum atomic E-state index is 12.6. The normalized spacial score (nSPS) is 37.1. The Labute approximate surface area is 231 Å². The molecule has 1 saturated heterocycles. The standard InChI is InChI=1S/C30H44O9/c1-8-11-23(32)37-20-15-21-27(38-24(33)12-9-2)39-28(36-19(6)31)30(21)22(16-20)29(7,14-13-17(4)10-3)18(5)25(34)26(30)35/h10,15,18,20,22,25-28,34-35H,3-4,8-9,11-14,16H2,1-2,5-7H3/t18-,20+,22+,25+,26+,27+,28-,29-,30-/m1/s1. The molecule has 2 fully saturated rings. The second kappa shape index (κ2) is 12.4. The summed E-state index contributed by atoms with van der Waals surface area (Å²) in [6, 6.07) is 0. The first-order chi connectivity index (χ1) is 18.4. The van der Waals surface area contributed by atoms with Crippen LogP contribution < -0.4 is 0 Å². The van der Waals surface area contributed by atoms with E-state index in [1.54, 1.807) is 12.2 Å². The lowest BCUT2D eigenvalue weighted by Gasteiger charge is -2.62. The molecule has 9 nitrogen and oxygen atoms in total. The number of ether oxygens (including phenoxy) is 4. The third-order valence-electron chi connectivity index (χ3n) is 8.94. The van der Waals surface area contributed by atoms with Crippen molar-refractivity contribution in [1.82, 2.24) is 0 Å². The molecular weight excluding hydrogens is 504 g/mol. The van der Waals surface area contributed by atoms with Gasteiger partial charge in [-0.25, -0.2) is 0 Å². The number of hydrogen-bond acceptors (Lipinski definition) is 9. The van der Waals surface area contributed by atoms with Gasteiger partial charge in [-0.15, -0.1) is 0 Å². The van der Waals surface area contributed by atoms with Crippen LogP contribution in [0.2, 0.25) is 0 Å². The summed E-state index contributed by atoms with van der Waals surface area (Å²) in [6.07, 6.45) is 0.369. The summed E-state index contributed by atoms with van der Waals surface area (Å²) in [5.41, 5.74) is -0.937. The van der Waals surface area contributed by atoms with Gasteiger partial charge >= 0.3 is 17.9 Å². The van der Waals surface area contributed by atoms with E-state index >= 15 is 0 Å². The molecule has 1 heterocycles. The molecule has 2 aliphatic carbocycles. The van der Waals surface area contributed by atoms with Gasteiger partial charge in [-0.3, -0.25) is 19.1 Å². The van der Waals surface area contributed by atoms with E-state index in [1.807, 2.05) is 27.7 Å². The Morgan fingerprint density at radius 1 is 1.10 bits per heavy atom. The lowest BCUT2D eigenvalue weighted by Crippen LogP contribution is -2.68. The maximum absolute atomic E-state index is 12.6. The predicted octanol–water partition coefficient (Wildman–Crippen LogP) is 4.12. The average Bonchev–Trinajstić information content (AvgIpc) is 3.17. The summed E-state index contributed by atoms with van der Waals surface area (Å²) in [7, 11) is 0. The monoisotopic (exact) mass is 548 g/mol. The van der Waals surface area contributed by atoms with E-state index in [4.69, 9.17) is 18.9 Å². The summed E-state index contributed by atoms with van der Waals surface area (Å²) in [5, 5.41) is 23.3. The Hall–Kier alpha value is -2.49. The Balaban J connectivity index is 2.22. The zero-order valence-electron chi connectivity index (χ0n) is 23.8. The topological polar surface area (TPSA) is 129 Å². The van der Waals surface area contributed by atoms with Gasteiger partial charge in [0, 0.05) is 25.3 Å². The zero-order valence-corrected chi connectivity index (χ0v) is 23.8. The van der Waals surface area contributed by atoms with Gasteiger partial charge in [-0.05, 0) is 55.4 Å². The second-order valence-electron chi connectivity index (χ2n) is 11.4. The number of aliphatic hydroxyl groups is 2. The molecule has 1 aliphatic heterocycles. The van der Waals surface area contributed by atoms with Crippen molar-refractivity contribution in [3.05, 3.63) is 36.5 Å². The van der Waals surface area contributed by atoms with Crippen molar-refractivity contribution in [3.63, 3.8) is 0 Å². The summed E-state index contributed by atoms with van der Waals surface area (Å²) in [5.74, 6) is -2.42. The van der Waals surface area contributed by atoms with Crippen LogP contribution in [0.4, 0.5) is 0 Å². The molecule has 0 aromatic carbocycles. The van der Waals surface area contributed by atoms with Gasteiger partial charge in [-0.1, -0.05) is 52.5 Å². The van der Waals surface area contributed by atoms with E-state index in [9.17, 15) is 24.6 Å². The van der Waals surface area contributed by atoms with Crippen LogP contribution in [0.3, 0.4) is 0 Å². The van der Waals surface area contributed by atoms with E-state index in [1.165, 1.54) is 6.92 Å². The van der Waals surface area contributed by atoms with Gasteiger partial charge in [0.2, 0.25) is 12.6 Å². The number of aliphatic hydroxyl groups excluding tert-OH is 2. The average molecular weight is 549 g/mol. The Bertz CT molecular complexity index is 1000. The van der Waals surface area contributed by atoms with Crippen LogP contribution in [0, 0.1) is 22.7 Å². The SMILES string of the molecule is C=CC(=C)CC[C@]1(C)[C@H](C)[C@H](O)[C@H](O)[C@@]23C(=C[C@H](OC(=O)CCC)C[C@@H]12)[C@@H](OC(=O)CCC)O[C@H]3OC(C)=O. The maximum Gasteiger partial charge on any atom is 0.308 e. The highest BCUT2D eigenvalue weighted by Crippen LogP contribution is 2.67. The Morgan fingerprint density at radius 3 is 2.28 bits per heavy atom. The molecule has 0 aromatic heterocycles. The van der Waals surface area contributed by atoms with Crippen LogP contribution >= 0.6 is 0 Å². The fourth-order valence-electron chi connectivity index (χ4n) is 6.71. The van der Waals surface area contributed by atoms with Gasteiger partial charge in [0.1, 0.15) is 6.10 Å². The quantitative estimate of drug-likeness (QED) is 0.170. The number of hydrogen-bond donors (Lipinski definition) is 2. The molecule has 39 heavy (non-hydrogen) atoms. The minimum absolute atomic E-state index is 0.139. The summed E-state index contributed by atoms with van der Waals surface area (Å²) in [6.45, 7) is 16.7. The molecule has 9 atom stereocenters. The largest absolute Gasteiger partial charge is 0.458 e. The van der Waals surface area contributed by atoms with Crippen molar-refractivity contribution in [2.75, 3.05) is 0 Å². The number of carbonyl (C=O) groups excluding carboxylic acids is 3.